The summed E-state index contributed by atoms with van der Waals surface area (Å²) in [4.78, 5) is 0. The monoisotopic (exact) mass is 247 g/mol. The minimum atomic E-state index is -0.0142. The van der Waals surface area contributed by atoms with Crippen LogP contribution in [0.2, 0.25) is 0 Å². The van der Waals surface area contributed by atoms with Crippen LogP contribution in [0.4, 0.5) is 0 Å². The van der Waals surface area contributed by atoms with Gasteiger partial charge < -0.3 is 5.73 Å². The molecule has 2 rings (SSSR count). The highest BCUT2D eigenvalue weighted by Crippen LogP contribution is 2.18. The number of nitrogens with two attached hydrogens (primary N) is 1. The van der Waals surface area contributed by atoms with Crippen molar-refractivity contribution in [3.8, 4) is 0 Å². The van der Waals surface area contributed by atoms with Gasteiger partial charge in [-0.05, 0) is 31.4 Å². The molecular formula is C13H17N3S. The molecule has 1 atom stereocenters. The molecule has 0 bridgehead atoms. The van der Waals surface area contributed by atoms with Crippen molar-refractivity contribution >= 4 is 11.3 Å². The molecule has 0 saturated heterocycles. The smallest absolute Gasteiger partial charge is 0.133 e. The first-order chi connectivity index (χ1) is 8.16. The highest BCUT2D eigenvalue weighted by Gasteiger charge is 2.08. The second kappa shape index (κ2) is 5.38. The molecule has 90 valence electrons. The molecule has 4 heteroatoms. The van der Waals surface area contributed by atoms with Gasteiger partial charge in [0.1, 0.15) is 10.0 Å². The van der Waals surface area contributed by atoms with E-state index in [1.54, 1.807) is 11.3 Å². The van der Waals surface area contributed by atoms with E-state index in [9.17, 15) is 0 Å². The van der Waals surface area contributed by atoms with Crippen LogP contribution in [-0.4, -0.2) is 10.2 Å². The zero-order valence-electron chi connectivity index (χ0n) is 10.2. The molecule has 3 nitrogen and oxygen atoms in total. The molecule has 0 radical (unpaired) electrons. The van der Waals surface area contributed by atoms with Crippen molar-refractivity contribution < 1.29 is 0 Å². The van der Waals surface area contributed by atoms with Crippen molar-refractivity contribution in [1.29, 1.82) is 0 Å². The predicted molar refractivity (Wildman–Crippen MR) is 71.1 cm³/mol. The molecule has 0 aliphatic carbocycles. The lowest BCUT2D eigenvalue weighted by Crippen LogP contribution is -2.03. The van der Waals surface area contributed by atoms with E-state index in [-0.39, 0.29) is 6.04 Å². The van der Waals surface area contributed by atoms with E-state index in [1.807, 2.05) is 6.92 Å². The Morgan fingerprint density at radius 3 is 2.65 bits per heavy atom. The second-order valence-electron chi connectivity index (χ2n) is 4.25. The first kappa shape index (κ1) is 12.2. The Bertz CT molecular complexity index is 491. The third-order valence-electron chi connectivity index (χ3n) is 2.74. The number of aromatic nitrogens is 2. The van der Waals surface area contributed by atoms with E-state index in [4.69, 9.17) is 5.73 Å². The topological polar surface area (TPSA) is 51.8 Å². The van der Waals surface area contributed by atoms with Gasteiger partial charge in [-0.1, -0.05) is 35.6 Å². The van der Waals surface area contributed by atoms with Crippen LogP contribution in [0.3, 0.4) is 0 Å². The van der Waals surface area contributed by atoms with Crippen LogP contribution >= 0.6 is 11.3 Å². The van der Waals surface area contributed by atoms with Crippen LogP contribution in [-0.2, 0) is 12.8 Å². The highest BCUT2D eigenvalue weighted by molar-refractivity contribution is 7.11. The Labute approximate surface area is 106 Å². The molecule has 17 heavy (non-hydrogen) atoms. The van der Waals surface area contributed by atoms with E-state index in [2.05, 4.69) is 41.4 Å². The van der Waals surface area contributed by atoms with Crippen molar-refractivity contribution in [2.75, 3.05) is 0 Å². The quantitative estimate of drug-likeness (QED) is 0.903. The third-order valence-corrected chi connectivity index (χ3v) is 3.93. The van der Waals surface area contributed by atoms with E-state index >= 15 is 0 Å². The Hall–Kier alpha value is -1.26. The zero-order valence-corrected chi connectivity index (χ0v) is 11.0. The largest absolute Gasteiger partial charge is 0.322 e. The normalized spacial score (nSPS) is 12.6. The van der Waals surface area contributed by atoms with Crippen molar-refractivity contribution in [3.63, 3.8) is 0 Å². The van der Waals surface area contributed by atoms with Gasteiger partial charge in [0.2, 0.25) is 0 Å². The van der Waals surface area contributed by atoms with Gasteiger partial charge in [0.15, 0.2) is 0 Å². The molecule has 2 N–H and O–H groups in total. The van der Waals surface area contributed by atoms with Crippen molar-refractivity contribution in [1.82, 2.24) is 10.2 Å². The minimum Gasteiger partial charge on any atom is -0.322 e. The first-order valence-corrected chi connectivity index (χ1v) is 6.61. The van der Waals surface area contributed by atoms with Gasteiger partial charge in [-0.15, -0.1) is 10.2 Å². The second-order valence-corrected chi connectivity index (χ2v) is 5.34. The van der Waals surface area contributed by atoms with Crippen molar-refractivity contribution in [2.24, 2.45) is 5.73 Å². The molecule has 0 aliphatic rings. The number of benzene rings is 1. The van der Waals surface area contributed by atoms with E-state index < -0.39 is 0 Å². The Morgan fingerprint density at radius 1 is 1.24 bits per heavy atom. The molecule has 1 heterocycles. The van der Waals surface area contributed by atoms with Gasteiger partial charge >= 0.3 is 0 Å². The van der Waals surface area contributed by atoms with E-state index in [1.165, 1.54) is 11.1 Å². The summed E-state index contributed by atoms with van der Waals surface area (Å²) >= 11 is 1.62. The molecule has 0 saturated carbocycles. The van der Waals surface area contributed by atoms with Crippen LogP contribution in [0.25, 0.3) is 0 Å². The van der Waals surface area contributed by atoms with Gasteiger partial charge in [-0.2, -0.15) is 0 Å². The SMILES string of the molecule is Cc1ccccc1CCc1nnc(C(C)N)s1. The van der Waals surface area contributed by atoms with Crippen molar-refractivity contribution in [2.45, 2.75) is 32.7 Å². The maximum absolute atomic E-state index is 5.77. The molecule has 1 unspecified atom stereocenters. The number of rotatable bonds is 4. The lowest BCUT2D eigenvalue weighted by atomic mass is 10.0. The molecule has 1 aromatic heterocycles. The summed E-state index contributed by atoms with van der Waals surface area (Å²) in [5.41, 5.74) is 8.48. The van der Waals surface area contributed by atoms with Gasteiger partial charge in [0, 0.05) is 6.42 Å². The minimum absolute atomic E-state index is 0.0142. The summed E-state index contributed by atoms with van der Waals surface area (Å²) in [5, 5.41) is 10.3. The summed E-state index contributed by atoms with van der Waals surface area (Å²) in [6.07, 6.45) is 1.95. The number of hydrogen-bond donors (Lipinski definition) is 1. The van der Waals surface area contributed by atoms with Crippen LogP contribution in [0.15, 0.2) is 24.3 Å². The third kappa shape index (κ3) is 3.11. The lowest BCUT2D eigenvalue weighted by Gasteiger charge is -2.02. The number of aryl methyl sites for hydroxylation is 3. The highest BCUT2D eigenvalue weighted by atomic mass is 32.1. The molecule has 0 amide bonds. The van der Waals surface area contributed by atoms with Gasteiger partial charge in [0.25, 0.3) is 0 Å². The maximum atomic E-state index is 5.77. The van der Waals surface area contributed by atoms with E-state index in [0.717, 1.165) is 22.9 Å². The summed E-state index contributed by atoms with van der Waals surface area (Å²) < 4.78 is 0. The lowest BCUT2D eigenvalue weighted by molar-refractivity contribution is 0.779. The summed E-state index contributed by atoms with van der Waals surface area (Å²) in [7, 11) is 0. The predicted octanol–water partition coefficient (Wildman–Crippen LogP) is 2.65. The Kier molecular flexibility index (Phi) is 3.86. The Morgan fingerprint density at radius 2 is 2.00 bits per heavy atom. The molecule has 2 aromatic rings. The summed E-state index contributed by atoms with van der Waals surface area (Å²) in [5.74, 6) is 0. The fourth-order valence-corrected chi connectivity index (χ4v) is 2.48. The number of hydrogen-bond acceptors (Lipinski definition) is 4. The zero-order chi connectivity index (χ0) is 12.3. The van der Waals surface area contributed by atoms with E-state index in [0.29, 0.717) is 0 Å². The summed E-state index contributed by atoms with van der Waals surface area (Å²) in [6.45, 7) is 4.08. The van der Waals surface area contributed by atoms with Crippen LogP contribution in [0.1, 0.15) is 34.1 Å². The molecule has 0 spiro atoms. The van der Waals surface area contributed by atoms with Crippen molar-refractivity contribution in [3.05, 3.63) is 45.4 Å². The van der Waals surface area contributed by atoms with Gasteiger partial charge in [0.05, 0.1) is 6.04 Å². The number of nitrogens with zero attached hydrogens (tertiary/aromatic N) is 2. The van der Waals surface area contributed by atoms with Gasteiger partial charge in [-0.25, -0.2) is 0 Å². The standard InChI is InChI=1S/C13H17N3S/c1-9-5-3-4-6-11(9)7-8-12-15-16-13(17-12)10(2)14/h3-6,10H,7-8,14H2,1-2H3. The molecule has 1 aromatic carbocycles. The first-order valence-electron chi connectivity index (χ1n) is 5.79. The fourth-order valence-electron chi connectivity index (χ4n) is 1.68. The molecular weight excluding hydrogens is 230 g/mol. The average Bonchev–Trinajstić information content (AvgIpc) is 2.77. The van der Waals surface area contributed by atoms with Crippen LogP contribution in [0.5, 0.6) is 0 Å². The maximum Gasteiger partial charge on any atom is 0.133 e. The fraction of sp³-hybridized carbons (Fsp3) is 0.385. The average molecular weight is 247 g/mol. The molecule has 0 fully saturated rings. The van der Waals surface area contributed by atoms with Crippen LogP contribution in [0, 0.1) is 6.92 Å². The van der Waals surface area contributed by atoms with Gasteiger partial charge in [-0.3, -0.25) is 0 Å². The van der Waals surface area contributed by atoms with Crippen LogP contribution < -0.4 is 5.73 Å². The summed E-state index contributed by atoms with van der Waals surface area (Å²) in [6, 6.07) is 8.44. The molecule has 0 aliphatic heterocycles. The Balaban J connectivity index is 2.00.